The van der Waals surface area contributed by atoms with Gasteiger partial charge in [0.2, 0.25) is 0 Å². The summed E-state index contributed by atoms with van der Waals surface area (Å²) < 4.78 is 0. The Balaban J connectivity index is 2.16. The minimum atomic E-state index is -0.766. The Labute approximate surface area is 64.3 Å². The molecule has 0 unspecified atom stereocenters. The predicted octanol–water partition coefficient (Wildman–Crippen LogP) is -2.78. The smallest absolute Gasteiger partial charge is 0.341 e. The first-order valence-corrected chi connectivity index (χ1v) is 3.53. The summed E-state index contributed by atoms with van der Waals surface area (Å²) in [6, 6.07) is 0.172. The molecule has 0 aliphatic carbocycles. The lowest BCUT2D eigenvalue weighted by Crippen LogP contribution is -2.73. The monoisotopic (exact) mass is 158 g/mol. The molecule has 0 saturated carbocycles. The molecule has 0 radical (unpaired) electrons. The third kappa shape index (κ3) is 2.45. The quantitative estimate of drug-likeness (QED) is 0.357. The number of nitrogens with one attached hydrogen (secondary N) is 2. The first-order valence-electron chi connectivity index (χ1n) is 3.53. The Bertz CT molecular complexity index is 190. The summed E-state index contributed by atoms with van der Waals surface area (Å²) in [6.45, 7) is 0.721. The summed E-state index contributed by atoms with van der Waals surface area (Å²) in [6.07, 6.45) is 0.801. The van der Waals surface area contributed by atoms with E-state index in [2.05, 4.69) is 10.3 Å². The molecule has 0 aromatic carbocycles. The van der Waals surface area contributed by atoms with Crippen molar-refractivity contribution in [1.29, 1.82) is 0 Å². The van der Waals surface area contributed by atoms with Gasteiger partial charge >= 0.3 is 11.9 Å². The van der Waals surface area contributed by atoms with Crippen LogP contribution in [-0.2, 0) is 4.79 Å². The van der Waals surface area contributed by atoms with Crippen LogP contribution in [-0.4, -0.2) is 29.6 Å². The molecule has 5 N–H and O–H groups in total. The highest BCUT2D eigenvalue weighted by Gasteiger charge is 2.20. The second-order valence-electron chi connectivity index (χ2n) is 2.57. The van der Waals surface area contributed by atoms with Crippen molar-refractivity contribution in [2.45, 2.75) is 18.9 Å². The van der Waals surface area contributed by atoms with Gasteiger partial charge in [0.15, 0.2) is 0 Å². The predicted molar refractivity (Wildman–Crippen MR) is 38.8 cm³/mol. The van der Waals surface area contributed by atoms with Crippen molar-refractivity contribution in [1.82, 2.24) is 5.32 Å². The average Bonchev–Trinajstić information content (AvgIpc) is 2.31. The third-order valence-electron chi connectivity index (χ3n) is 1.61. The number of hydrogen-bond donors (Lipinski definition) is 4. The van der Waals surface area contributed by atoms with E-state index in [9.17, 15) is 4.79 Å². The fourth-order valence-electron chi connectivity index (χ4n) is 1.03. The zero-order valence-corrected chi connectivity index (χ0v) is 6.13. The van der Waals surface area contributed by atoms with Crippen molar-refractivity contribution in [2.75, 3.05) is 6.54 Å². The minimum absolute atomic E-state index is 0.172. The maximum Gasteiger partial charge on any atom is 0.341 e. The molecule has 1 atom stereocenters. The summed E-state index contributed by atoms with van der Waals surface area (Å²) in [7, 11) is 0. The summed E-state index contributed by atoms with van der Waals surface area (Å²) in [5.74, 6) is -0.224. The Hall–Kier alpha value is -1.26. The normalized spacial score (nSPS) is 22.5. The average molecular weight is 158 g/mol. The molecule has 0 bridgehead atoms. The van der Waals surface area contributed by atoms with Crippen LogP contribution in [0.1, 0.15) is 12.8 Å². The van der Waals surface area contributed by atoms with Crippen molar-refractivity contribution in [3.63, 3.8) is 0 Å². The van der Waals surface area contributed by atoms with Crippen molar-refractivity contribution in [2.24, 2.45) is 5.73 Å². The van der Waals surface area contributed by atoms with Crippen LogP contribution >= 0.6 is 0 Å². The van der Waals surface area contributed by atoms with Crippen LogP contribution in [0.25, 0.3) is 0 Å². The van der Waals surface area contributed by atoms with Crippen LogP contribution in [0, 0.1) is 0 Å². The van der Waals surface area contributed by atoms with Crippen molar-refractivity contribution in [3.05, 3.63) is 0 Å². The van der Waals surface area contributed by atoms with Crippen LogP contribution in [0.4, 0.5) is 0 Å². The van der Waals surface area contributed by atoms with Gasteiger partial charge in [-0.2, -0.15) is 0 Å². The summed E-state index contributed by atoms with van der Waals surface area (Å²) in [5, 5.41) is 11.3. The van der Waals surface area contributed by atoms with Gasteiger partial charge in [-0.1, -0.05) is 0 Å². The van der Waals surface area contributed by atoms with Gasteiger partial charge in [-0.25, -0.2) is 0 Å². The van der Waals surface area contributed by atoms with E-state index < -0.39 is 5.97 Å². The fraction of sp³-hybridized carbons (Fsp3) is 0.667. The van der Waals surface area contributed by atoms with Gasteiger partial charge in [-0.15, -0.1) is 0 Å². The van der Waals surface area contributed by atoms with E-state index in [1.165, 1.54) is 0 Å². The highest BCUT2D eigenvalue weighted by molar-refractivity contribution is 5.73. The van der Waals surface area contributed by atoms with Gasteiger partial charge in [0, 0.05) is 6.42 Å². The van der Waals surface area contributed by atoms with Gasteiger partial charge in [0.05, 0.1) is 6.54 Å². The van der Waals surface area contributed by atoms with Crippen molar-refractivity contribution >= 4 is 11.9 Å². The molecule has 1 rings (SSSR count). The molecule has 0 saturated heterocycles. The topological polar surface area (TPSA) is 89.3 Å². The largest absolute Gasteiger partial charge is 0.481 e. The Morgan fingerprint density at radius 3 is 3.09 bits per heavy atom. The maximum atomic E-state index is 10.2. The molecule has 0 amide bonds. The fourth-order valence-corrected chi connectivity index (χ4v) is 1.03. The highest BCUT2D eigenvalue weighted by atomic mass is 16.4. The lowest BCUT2D eigenvalue weighted by atomic mass is 10.2. The number of carboxylic acids is 1. The molecule has 0 aromatic rings. The van der Waals surface area contributed by atoms with Crippen LogP contribution in [0.2, 0.25) is 0 Å². The second-order valence-corrected chi connectivity index (χ2v) is 2.57. The number of carbonyl (C=O) groups is 1. The SMILES string of the molecule is NC1=[NH+]C[C@@H](CCC(=O)O)N1. The van der Waals surface area contributed by atoms with Crippen molar-refractivity contribution < 1.29 is 14.9 Å². The number of nitrogens with two attached hydrogens (primary N) is 1. The van der Waals surface area contributed by atoms with Gasteiger partial charge in [0.25, 0.3) is 0 Å². The van der Waals surface area contributed by atoms with E-state index in [1.807, 2.05) is 0 Å². The van der Waals surface area contributed by atoms with Gasteiger partial charge < -0.3 is 5.11 Å². The number of rotatable bonds is 3. The Morgan fingerprint density at radius 1 is 1.91 bits per heavy atom. The molecule has 1 aliphatic rings. The van der Waals surface area contributed by atoms with Gasteiger partial charge in [-0.3, -0.25) is 20.8 Å². The lowest BCUT2D eigenvalue weighted by Gasteiger charge is -2.02. The first-order chi connectivity index (χ1) is 5.18. The van der Waals surface area contributed by atoms with Crippen LogP contribution in [0.5, 0.6) is 0 Å². The molecule has 1 heterocycles. The van der Waals surface area contributed by atoms with E-state index in [0.717, 1.165) is 6.54 Å². The Morgan fingerprint density at radius 2 is 2.64 bits per heavy atom. The zero-order chi connectivity index (χ0) is 8.27. The number of guanidine groups is 1. The Kier molecular flexibility index (Phi) is 2.30. The lowest BCUT2D eigenvalue weighted by molar-refractivity contribution is -0.450. The van der Waals surface area contributed by atoms with E-state index >= 15 is 0 Å². The van der Waals surface area contributed by atoms with Crippen molar-refractivity contribution in [3.8, 4) is 0 Å². The molecule has 5 nitrogen and oxygen atoms in total. The third-order valence-corrected chi connectivity index (χ3v) is 1.61. The molecule has 5 heteroatoms. The van der Waals surface area contributed by atoms with Crippen LogP contribution < -0.4 is 16.0 Å². The van der Waals surface area contributed by atoms with E-state index in [4.69, 9.17) is 10.8 Å². The molecular weight excluding hydrogens is 146 g/mol. The standard InChI is InChI=1S/C6H11N3O2/c7-6-8-3-4(9-6)1-2-5(10)11/h4H,1-3H2,(H,10,11)(H3,7,8,9)/p+1/t4-/m1/s1. The highest BCUT2D eigenvalue weighted by Crippen LogP contribution is 1.95. The summed E-state index contributed by atoms with van der Waals surface area (Å²) >= 11 is 0. The molecule has 62 valence electrons. The molecule has 11 heavy (non-hydrogen) atoms. The van der Waals surface area contributed by atoms with Gasteiger partial charge in [0.1, 0.15) is 6.04 Å². The number of hydrogen-bond acceptors (Lipinski definition) is 3. The number of aliphatic carboxylic acids is 1. The van der Waals surface area contributed by atoms with Crippen LogP contribution in [0.15, 0.2) is 0 Å². The second kappa shape index (κ2) is 3.23. The molecule has 1 aliphatic heterocycles. The maximum absolute atomic E-state index is 10.2. The van der Waals surface area contributed by atoms with Gasteiger partial charge in [-0.05, 0) is 6.42 Å². The van der Waals surface area contributed by atoms with E-state index in [-0.39, 0.29) is 12.5 Å². The number of carboxylic acid groups (broad SMARTS) is 1. The molecule has 0 aromatic heterocycles. The molecule has 0 fully saturated rings. The first kappa shape index (κ1) is 7.84. The zero-order valence-electron chi connectivity index (χ0n) is 6.13. The summed E-state index contributed by atoms with van der Waals surface area (Å²) in [4.78, 5) is 13.0. The molecular formula is C6H12N3O2+. The van der Waals surface area contributed by atoms with E-state index in [0.29, 0.717) is 12.4 Å². The van der Waals surface area contributed by atoms with Crippen LogP contribution in [0.3, 0.4) is 0 Å². The van der Waals surface area contributed by atoms with E-state index in [1.54, 1.807) is 0 Å². The summed E-state index contributed by atoms with van der Waals surface area (Å²) in [5.41, 5.74) is 5.38. The molecule has 0 spiro atoms. The minimum Gasteiger partial charge on any atom is -0.481 e.